The fourth-order valence-electron chi connectivity index (χ4n) is 2.86. The maximum absolute atomic E-state index is 11.6. The third-order valence-corrected chi connectivity index (χ3v) is 4.95. The van der Waals surface area contributed by atoms with Gasteiger partial charge in [0.15, 0.2) is 0 Å². The molecule has 1 aliphatic rings. The van der Waals surface area contributed by atoms with Gasteiger partial charge in [0.05, 0.1) is 39.8 Å². The number of benzene rings is 2. The largest absolute Gasteiger partial charge is 0.378 e. The summed E-state index contributed by atoms with van der Waals surface area (Å²) in [6, 6.07) is 11.9. The standard InChI is InChI=1S/C19H15Cl2N3O3/c20-16-3-2-14(11-17(16)21)15(12-22)9-13-1-4-18(19(10-13)24(25)26)23-5-7-27-8-6-23/h1-4,9-11H,5-8H2/b15-9+. The summed E-state index contributed by atoms with van der Waals surface area (Å²) < 4.78 is 5.30. The van der Waals surface area contributed by atoms with E-state index in [0.717, 1.165) is 0 Å². The van der Waals surface area contributed by atoms with Crippen molar-refractivity contribution in [1.82, 2.24) is 0 Å². The Morgan fingerprint density at radius 1 is 1.19 bits per heavy atom. The maximum Gasteiger partial charge on any atom is 0.293 e. The Morgan fingerprint density at radius 2 is 1.93 bits per heavy atom. The first kappa shape index (κ1) is 19.2. The number of nitro benzene ring substituents is 1. The molecule has 0 atom stereocenters. The monoisotopic (exact) mass is 403 g/mol. The van der Waals surface area contributed by atoms with E-state index in [1.165, 1.54) is 6.07 Å². The Kier molecular flexibility index (Phi) is 5.97. The molecule has 1 saturated heterocycles. The van der Waals surface area contributed by atoms with Gasteiger partial charge >= 0.3 is 0 Å². The molecule has 0 aromatic heterocycles. The first-order chi connectivity index (χ1) is 13.0. The Labute approximate surface area is 166 Å². The first-order valence-electron chi connectivity index (χ1n) is 8.18. The minimum Gasteiger partial charge on any atom is -0.378 e. The highest BCUT2D eigenvalue weighted by molar-refractivity contribution is 6.42. The molecule has 0 radical (unpaired) electrons. The number of morpholine rings is 1. The number of nitrogens with zero attached hydrogens (tertiary/aromatic N) is 3. The molecule has 3 rings (SSSR count). The van der Waals surface area contributed by atoms with Crippen LogP contribution in [-0.2, 0) is 4.74 Å². The highest BCUT2D eigenvalue weighted by atomic mass is 35.5. The number of hydrogen-bond donors (Lipinski definition) is 0. The normalized spacial score (nSPS) is 14.7. The van der Waals surface area contributed by atoms with Crippen LogP contribution in [0.5, 0.6) is 0 Å². The second kappa shape index (κ2) is 8.40. The lowest BCUT2D eigenvalue weighted by Gasteiger charge is -2.28. The van der Waals surface area contributed by atoms with E-state index in [4.69, 9.17) is 27.9 Å². The summed E-state index contributed by atoms with van der Waals surface area (Å²) in [6.07, 6.45) is 1.59. The highest BCUT2D eigenvalue weighted by Gasteiger charge is 2.21. The van der Waals surface area contributed by atoms with Crippen molar-refractivity contribution in [2.24, 2.45) is 0 Å². The van der Waals surface area contributed by atoms with Crippen molar-refractivity contribution in [1.29, 1.82) is 5.26 Å². The second-order valence-corrected chi connectivity index (χ2v) is 6.72. The zero-order valence-corrected chi connectivity index (χ0v) is 15.7. The van der Waals surface area contributed by atoms with Gasteiger partial charge in [0.1, 0.15) is 5.69 Å². The van der Waals surface area contributed by atoms with E-state index in [9.17, 15) is 15.4 Å². The van der Waals surface area contributed by atoms with Gasteiger partial charge in [-0.05, 0) is 35.4 Å². The van der Waals surface area contributed by atoms with Gasteiger partial charge in [-0.3, -0.25) is 10.1 Å². The molecule has 2 aromatic rings. The molecule has 1 fully saturated rings. The number of nitro groups is 1. The molecule has 6 nitrogen and oxygen atoms in total. The molecule has 0 spiro atoms. The summed E-state index contributed by atoms with van der Waals surface area (Å²) in [6.45, 7) is 2.27. The summed E-state index contributed by atoms with van der Waals surface area (Å²) in [7, 11) is 0. The number of allylic oxidation sites excluding steroid dienone is 1. The molecule has 0 unspecified atom stereocenters. The number of ether oxygens (including phenoxy) is 1. The van der Waals surface area contributed by atoms with Crippen LogP contribution in [0.25, 0.3) is 11.6 Å². The zero-order chi connectivity index (χ0) is 19.4. The molecule has 0 aliphatic carbocycles. The van der Waals surface area contributed by atoms with Crippen molar-refractivity contribution in [2.45, 2.75) is 0 Å². The van der Waals surface area contributed by atoms with Gasteiger partial charge in [-0.25, -0.2) is 0 Å². The maximum atomic E-state index is 11.6. The highest BCUT2D eigenvalue weighted by Crippen LogP contribution is 2.32. The van der Waals surface area contributed by atoms with E-state index >= 15 is 0 Å². The van der Waals surface area contributed by atoms with E-state index in [0.29, 0.717) is 58.7 Å². The van der Waals surface area contributed by atoms with Gasteiger partial charge in [-0.15, -0.1) is 0 Å². The molecule has 8 heteroatoms. The molecule has 0 amide bonds. The minimum atomic E-state index is -0.409. The third kappa shape index (κ3) is 4.40. The summed E-state index contributed by atoms with van der Waals surface area (Å²) in [4.78, 5) is 13.1. The van der Waals surface area contributed by atoms with Crippen LogP contribution in [0.3, 0.4) is 0 Å². The van der Waals surface area contributed by atoms with Gasteiger partial charge < -0.3 is 9.64 Å². The predicted octanol–water partition coefficient (Wildman–Crippen LogP) is 4.80. The molecule has 0 N–H and O–H groups in total. The SMILES string of the molecule is N#C/C(=C\c1ccc(N2CCOCC2)c([N+](=O)[O-])c1)c1ccc(Cl)c(Cl)c1. The van der Waals surface area contributed by atoms with Crippen LogP contribution in [0.2, 0.25) is 10.0 Å². The molecule has 0 saturated carbocycles. The molecule has 27 heavy (non-hydrogen) atoms. The number of anilines is 1. The fraction of sp³-hybridized carbons (Fsp3) is 0.211. The molecule has 0 bridgehead atoms. The van der Waals surface area contributed by atoms with Gasteiger partial charge in [0.2, 0.25) is 0 Å². The van der Waals surface area contributed by atoms with Crippen LogP contribution >= 0.6 is 23.2 Å². The fourth-order valence-corrected chi connectivity index (χ4v) is 3.16. The van der Waals surface area contributed by atoms with Crippen molar-refractivity contribution >= 4 is 46.2 Å². The Hall–Kier alpha value is -2.59. The number of hydrogen-bond acceptors (Lipinski definition) is 5. The van der Waals surface area contributed by atoms with Gasteiger partial charge in [0, 0.05) is 19.2 Å². The lowest BCUT2D eigenvalue weighted by atomic mass is 10.0. The molecular formula is C19H15Cl2N3O3. The van der Waals surface area contributed by atoms with E-state index in [1.54, 1.807) is 36.4 Å². The molecule has 1 heterocycles. The molecular weight excluding hydrogens is 389 g/mol. The van der Waals surface area contributed by atoms with Crippen LogP contribution in [0.1, 0.15) is 11.1 Å². The Balaban J connectivity index is 1.99. The van der Waals surface area contributed by atoms with Crippen LogP contribution < -0.4 is 4.90 Å². The Bertz CT molecular complexity index is 948. The van der Waals surface area contributed by atoms with Crippen molar-refractivity contribution in [2.75, 3.05) is 31.2 Å². The zero-order valence-electron chi connectivity index (χ0n) is 14.2. The second-order valence-electron chi connectivity index (χ2n) is 5.90. The number of nitriles is 1. The van der Waals surface area contributed by atoms with Crippen molar-refractivity contribution in [3.8, 4) is 6.07 Å². The van der Waals surface area contributed by atoms with E-state index in [-0.39, 0.29) is 5.69 Å². The van der Waals surface area contributed by atoms with Crippen molar-refractivity contribution < 1.29 is 9.66 Å². The van der Waals surface area contributed by atoms with E-state index in [2.05, 4.69) is 6.07 Å². The predicted molar refractivity (Wildman–Crippen MR) is 106 cm³/mol. The molecule has 2 aromatic carbocycles. The smallest absolute Gasteiger partial charge is 0.293 e. The topological polar surface area (TPSA) is 79.4 Å². The average Bonchev–Trinajstić information content (AvgIpc) is 2.69. The van der Waals surface area contributed by atoms with Crippen LogP contribution in [0.4, 0.5) is 11.4 Å². The lowest BCUT2D eigenvalue weighted by molar-refractivity contribution is -0.384. The number of rotatable bonds is 4. The van der Waals surface area contributed by atoms with E-state index in [1.807, 2.05) is 4.90 Å². The first-order valence-corrected chi connectivity index (χ1v) is 8.93. The third-order valence-electron chi connectivity index (χ3n) is 4.21. The van der Waals surface area contributed by atoms with Gasteiger partial charge in [-0.2, -0.15) is 5.26 Å². The van der Waals surface area contributed by atoms with Gasteiger partial charge in [-0.1, -0.05) is 35.3 Å². The average molecular weight is 404 g/mol. The van der Waals surface area contributed by atoms with Crippen molar-refractivity contribution in [3.05, 3.63) is 67.7 Å². The van der Waals surface area contributed by atoms with Crippen LogP contribution in [-0.4, -0.2) is 31.2 Å². The van der Waals surface area contributed by atoms with Crippen LogP contribution in [0.15, 0.2) is 36.4 Å². The summed E-state index contributed by atoms with van der Waals surface area (Å²) in [5, 5.41) is 21.8. The quantitative estimate of drug-likeness (QED) is 0.317. The van der Waals surface area contributed by atoms with Crippen molar-refractivity contribution in [3.63, 3.8) is 0 Å². The van der Waals surface area contributed by atoms with E-state index < -0.39 is 4.92 Å². The Morgan fingerprint density at radius 3 is 2.56 bits per heavy atom. The number of halogens is 2. The molecule has 1 aliphatic heterocycles. The van der Waals surface area contributed by atoms with Crippen LogP contribution in [0, 0.1) is 21.4 Å². The summed E-state index contributed by atoms with van der Waals surface area (Å²) >= 11 is 11.9. The van der Waals surface area contributed by atoms with Gasteiger partial charge in [0.25, 0.3) is 5.69 Å². The minimum absolute atomic E-state index is 0.00271. The summed E-state index contributed by atoms with van der Waals surface area (Å²) in [5.74, 6) is 0. The summed E-state index contributed by atoms with van der Waals surface area (Å²) in [5.41, 5.74) is 2.03. The lowest BCUT2D eigenvalue weighted by Crippen LogP contribution is -2.36. The molecule has 138 valence electrons.